The number of aromatic amines is 2. The SMILES string of the molecule is C=C(/C=c1/c(-c2cc3c(-c4ccc(C)s4)cccc3[nH]2)n[nH]/c1=C/C)c1cncc(CC2CCCCC2)c1. The van der Waals surface area contributed by atoms with Crippen molar-refractivity contribution in [3.8, 4) is 21.8 Å². The van der Waals surface area contributed by atoms with Gasteiger partial charge in [0.15, 0.2) is 0 Å². The van der Waals surface area contributed by atoms with E-state index in [4.69, 9.17) is 5.10 Å². The summed E-state index contributed by atoms with van der Waals surface area (Å²) in [5.74, 6) is 0.782. The van der Waals surface area contributed by atoms with Crippen molar-refractivity contribution in [1.29, 1.82) is 0 Å². The van der Waals surface area contributed by atoms with Crippen molar-refractivity contribution < 1.29 is 0 Å². The summed E-state index contributed by atoms with van der Waals surface area (Å²) in [6.07, 6.45) is 16.1. The van der Waals surface area contributed by atoms with E-state index >= 15 is 0 Å². The van der Waals surface area contributed by atoms with Crippen LogP contribution in [0.4, 0.5) is 0 Å². The molecular weight excluding hydrogens is 484 g/mol. The van der Waals surface area contributed by atoms with E-state index in [9.17, 15) is 0 Å². The predicted octanol–water partition coefficient (Wildman–Crippen LogP) is 7.41. The Bertz CT molecular complexity index is 1730. The first-order valence-electron chi connectivity index (χ1n) is 13.6. The van der Waals surface area contributed by atoms with Gasteiger partial charge in [-0.3, -0.25) is 10.1 Å². The van der Waals surface area contributed by atoms with Gasteiger partial charge >= 0.3 is 0 Å². The van der Waals surface area contributed by atoms with Gasteiger partial charge in [-0.1, -0.05) is 56.9 Å². The van der Waals surface area contributed by atoms with Crippen LogP contribution < -0.4 is 10.6 Å². The molecule has 0 aliphatic heterocycles. The summed E-state index contributed by atoms with van der Waals surface area (Å²) in [6, 6.07) is 15.3. The maximum absolute atomic E-state index is 4.73. The third-order valence-corrected chi connectivity index (χ3v) is 8.81. The van der Waals surface area contributed by atoms with Crippen LogP contribution in [-0.2, 0) is 6.42 Å². The second-order valence-corrected chi connectivity index (χ2v) is 11.8. The van der Waals surface area contributed by atoms with Crippen molar-refractivity contribution in [2.75, 3.05) is 0 Å². The minimum Gasteiger partial charge on any atom is -0.353 e. The second kappa shape index (κ2) is 10.6. The van der Waals surface area contributed by atoms with E-state index in [0.29, 0.717) is 0 Å². The second-order valence-electron chi connectivity index (χ2n) is 10.5. The fraction of sp³-hybridized carbons (Fsp3) is 0.273. The van der Waals surface area contributed by atoms with Gasteiger partial charge in [-0.25, -0.2) is 0 Å². The average Bonchev–Trinajstić information content (AvgIpc) is 3.67. The molecule has 5 aromatic rings. The van der Waals surface area contributed by atoms with Crippen LogP contribution in [0, 0.1) is 12.8 Å². The number of thiophene rings is 1. The number of fused-ring (bicyclic) bond motifs is 1. The number of hydrogen-bond donors (Lipinski definition) is 2. The van der Waals surface area contributed by atoms with E-state index in [1.807, 2.05) is 30.7 Å². The highest BCUT2D eigenvalue weighted by Crippen LogP contribution is 2.35. The Kier molecular flexibility index (Phi) is 6.86. The molecule has 4 aromatic heterocycles. The minimum atomic E-state index is 0.782. The Morgan fingerprint density at radius 1 is 1.11 bits per heavy atom. The molecule has 0 unspecified atom stereocenters. The summed E-state index contributed by atoms with van der Waals surface area (Å²) in [5.41, 5.74) is 7.57. The van der Waals surface area contributed by atoms with Crippen molar-refractivity contribution >= 4 is 40.0 Å². The minimum absolute atomic E-state index is 0.782. The quantitative estimate of drug-likeness (QED) is 0.246. The van der Waals surface area contributed by atoms with Gasteiger partial charge in [0.25, 0.3) is 0 Å². The van der Waals surface area contributed by atoms with Gasteiger partial charge in [-0.2, -0.15) is 5.10 Å². The molecule has 5 heteroatoms. The molecule has 0 amide bonds. The Morgan fingerprint density at radius 3 is 2.76 bits per heavy atom. The van der Waals surface area contributed by atoms with Crippen LogP contribution in [0.15, 0.2) is 61.4 Å². The molecule has 4 heterocycles. The molecule has 1 aliphatic rings. The molecule has 4 nitrogen and oxygen atoms in total. The third-order valence-electron chi connectivity index (χ3n) is 7.78. The zero-order valence-electron chi connectivity index (χ0n) is 22.2. The van der Waals surface area contributed by atoms with Crippen LogP contribution in [-0.4, -0.2) is 20.2 Å². The van der Waals surface area contributed by atoms with E-state index in [2.05, 4.69) is 83.2 Å². The van der Waals surface area contributed by atoms with Crippen LogP contribution in [0.1, 0.15) is 55.0 Å². The van der Waals surface area contributed by atoms with E-state index in [0.717, 1.165) is 50.9 Å². The molecule has 1 aliphatic carbocycles. The molecule has 0 atom stereocenters. The van der Waals surface area contributed by atoms with Crippen molar-refractivity contribution in [1.82, 2.24) is 20.2 Å². The molecule has 6 rings (SSSR count). The van der Waals surface area contributed by atoms with Crippen molar-refractivity contribution in [3.05, 3.63) is 88.0 Å². The average molecular weight is 519 g/mol. The molecule has 0 radical (unpaired) electrons. The number of allylic oxidation sites excluding steroid dienone is 1. The zero-order valence-corrected chi connectivity index (χ0v) is 23.0. The summed E-state index contributed by atoms with van der Waals surface area (Å²) in [6.45, 7) is 8.62. The number of aryl methyl sites for hydroxylation is 1. The Hall–Kier alpha value is -3.70. The maximum atomic E-state index is 4.73. The highest BCUT2D eigenvalue weighted by atomic mass is 32.1. The summed E-state index contributed by atoms with van der Waals surface area (Å²) in [7, 11) is 0. The molecule has 38 heavy (non-hydrogen) atoms. The number of nitrogens with one attached hydrogen (secondary N) is 2. The number of H-pyrrole nitrogens is 2. The van der Waals surface area contributed by atoms with E-state index in [1.165, 1.54) is 58.4 Å². The molecule has 1 aromatic carbocycles. The van der Waals surface area contributed by atoms with Crippen LogP contribution in [0.25, 0.3) is 50.5 Å². The lowest BCUT2D eigenvalue weighted by molar-refractivity contribution is 0.356. The van der Waals surface area contributed by atoms with Crippen molar-refractivity contribution in [3.63, 3.8) is 0 Å². The Morgan fingerprint density at radius 2 is 1.97 bits per heavy atom. The molecular formula is C33H34N4S. The molecule has 0 bridgehead atoms. The fourth-order valence-electron chi connectivity index (χ4n) is 5.77. The van der Waals surface area contributed by atoms with Gasteiger partial charge in [-0.15, -0.1) is 11.3 Å². The largest absolute Gasteiger partial charge is 0.353 e. The van der Waals surface area contributed by atoms with E-state index in [-0.39, 0.29) is 0 Å². The highest BCUT2D eigenvalue weighted by molar-refractivity contribution is 7.15. The number of benzene rings is 1. The topological polar surface area (TPSA) is 57.4 Å². The first-order chi connectivity index (χ1) is 18.6. The molecule has 192 valence electrons. The van der Waals surface area contributed by atoms with Gasteiger partial charge in [0.05, 0.1) is 11.0 Å². The van der Waals surface area contributed by atoms with E-state index in [1.54, 1.807) is 0 Å². The van der Waals surface area contributed by atoms with Gasteiger partial charge in [0.2, 0.25) is 0 Å². The number of hydrogen-bond acceptors (Lipinski definition) is 3. The summed E-state index contributed by atoms with van der Waals surface area (Å²) >= 11 is 1.83. The van der Waals surface area contributed by atoms with Crippen molar-refractivity contribution in [2.24, 2.45) is 5.92 Å². The Labute approximate surface area is 227 Å². The Balaban J connectivity index is 1.37. The third kappa shape index (κ3) is 4.91. The molecule has 1 fully saturated rings. The lowest BCUT2D eigenvalue weighted by Crippen LogP contribution is -2.23. The summed E-state index contributed by atoms with van der Waals surface area (Å²) in [5, 5.41) is 11.2. The molecule has 2 N–H and O–H groups in total. The van der Waals surface area contributed by atoms with Crippen LogP contribution >= 0.6 is 11.3 Å². The summed E-state index contributed by atoms with van der Waals surface area (Å²) < 4.78 is 0. The van der Waals surface area contributed by atoms with Crippen LogP contribution in [0.2, 0.25) is 0 Å². The predicted molar refractivity (Wildman–Crippen MR) is 161 cm³/mol. The monoisotopic (exact) mass is 518 g/mol. The standard InChI is InChI=1S/C33H34N4S/c1-4-29-28(15-21(2)25-17-24(19-34-20-25)16-23-9-6-5-7-10-23)33(37-36-29)31-18-27-26(11-8-12-30(27)35-31)32-14-13-22(3)38-32/h4,8,11-15,17-20,23,35-36H,2,5-7,9-10,16H2,1,3H3/b28-15+,29-4+. The van der Waals surface area contributed by atoms with Gasteiger partial charge in [0.1, 0.15) is 5.69 Å². The van der Waals surface area contributed by atoms with E-state index < -0.39 is 0 Å². The first-order valence-corrected chi connectivity index (χ1v) is 14.5. The van der Waals surface area contributed by atoms with Crippen molar-refractivity contribution in [2.45, 2.75) is 52.4 Å². The smallest absolute Gasteiger partial charge is 0.116 e. The molecule has 0 spiro atoms. The van der Waals surface area contributed by atoms with Gasteiger partial charge in [-0.05, 0) is 79.3 Å². The van der Waals surface area contributed by atoms with Gasteiger partial charge < -0.3 is 4.98 Å². The van der Waals surface area contributed by atoms with Crippen LogP contribution in [0.5, 0.6) is 0 Å². The number of rotatable bonds is 6. The first kappa shape index (κ1) is 24.6. The molecule has 1 saturated carbocycles. The zero-order chi connectivity index (χ0) is 26.1. The lowest BCUT2D eigenvalue weighted by atomic mass is 9.85. The van der Waals surface area contributed by atoms with Gasteiger partial charge in [0, 0.05) is 43.8 Å². The summed E-state index contributed by atoms with van der Waals surface area (Å²) in [4.78, 5) is 10.8. The number of pyridine rings is 1. The fourth-order valence-corrected chi connectivity index (χ4v) is 6.68. The lowest BCUT2D eigenvalue weighted by Gasteiger charge is -2.21. The number of aromatic nitrogens is 4. The normalized spacial score (nSPS) is 15.5. The van der Waals surface area contributed by atoms with Crippen LogP contribution in [0.3, 0.4) is 0 Å². The number of nitrogens with zero attached hydrogens (tertiary/aromatic N) is 2. The maximum Gasteiger partial charge on any atom is 0.116 e. The molecule has 0 saturated heterocycles. The highest BCUT2D eigenvalue weighted by Gasteiger charge is 2.15.